The normalized spacial score (nSPS) is 12.9. The Kier molecular flexibility index (Phi) is 8.89. The van der Waals surface area contributed by atoms with Gasteiger partial charge in [0.25, 0.3) is 0 Å². The molecule has 16 rings (SSSR count). The van der Waals surface area contributed by atoms with E-state index >= 15 is 0 Å². The van der Waals surface area contributed by atoms with Crippen LogP contribution in [0.15, 0.2) is 249 Å². The van der Waals surface area contributed by atoms with Gasteiger partial charge in [-0.15, -0.1) is 0 Å². The number of hydrogen-bond donors (Lipinski definition) is 0. The third-order valence-corrected chi connectivity index (χ3v) is 15.9. The molecule has 0 fully saturated rings. The summed E-state index contributed by atoms with van der Waals surface area (Å²) in [7, 11) is 0. The van der Waals surface area contributed by atoms with E-state index in [4.69, 9.17) is 24.9 Å². The average molecular weight is 952 g/mol. The molecule has 0 saturated carbocycles. The molecule has 12 aromatic carbocycles. The fourth-order valence-electron chi connectivity index (χ4n) is 12.8. The van der Waals surface area contributed by atoms with Crippen molar-refractivity contribution in [1.29, 1.82) is 0 Å². The molecular weight excluding hydrogens is 911 g/mol. The average Bonchev–Trinajstić information content (AvgIpc) is 4.00. The molecule has 0 unspecified atom stereocenters. The molecule has 5 nitrogen and oxygen atoms in total. The van der Waals surface area contributed by atoms with Crippen LogP contribution in [0.1, 0.15) is 22.3 Å². The smallest absolute Gasteiger partial charge is 0.164 e. The monoisotopic (exact) mass is 951 g/mol. The van der Waals surface area contributed by atoms with Crippen molar-refractivity contribution in [3.05, 3.63) is 271 Å². The second kappa shape index (κ2) is 16.0. The Labute approximate surface area is 432 Å². The minimum atomic E-state index is -0.516. The summed E-state index contributed by atoms with van der Waals surface area (Å²) in [6, 6.07) is 87.1. The minimum Gasteiger partial charge on any atom is -0.252 e. The van der Waals surface area contributed by atoms with E-state index in [0.29, 0.717) is 17.5 Å². The molecule has 0 atom stereocenters. The van der Waals surface area contributed by atoms with E-state index < -0.39 is 5.41 Å². The second-order valence-electron chi connectivity index (χ2n) is 19.8. The van der Waals surface area contributed by atoms with Crippen LogP contribution in [0.3, 0.4) is 0 Å². The van der Waals surface area contributed by atoms with Crippen molar-refractivity contribution >= 4 is 54.1 Å². The number of hydrogen-bond acceptors (Lipinski definition) is 5. The van der Waals surface area contributed by atoms with Crippen LogP contribution in [0.5, 0.6) is 0 Å². The van der Waals surface area contributed by atoms with Gasteiger partial charge in [0.1, 0.15) is 0 Å². The molecule has 0 radical (unpaired) electrons. The van der Waals surface area contributed by atoms with Gasteiger partial charge in [0.15, 0.2) is 17.5 Å². The van der Waals surface area contributed by atoms with Crippen molar-refractivity contribution in [2.24, 2.45) is 0 Å². The van der Waals surface area contributed by atoms with Crippen LogP contribution in [-0.4, -0.2) is 24.9 Å². The molecule has 0 amide bonds. The highest BCUT2D eigenvalue weighted by atomic mass is 15.0. The van der Waals surface area contributed by atoms with Crippen LogP contribution < -0.4 is 0 Å². The highest BCUT2D eigenvalue weighted by molar-refractivity contribution is 6.23. The molecule has 0 N–H and O–H groups in total. The van der Waals surface area contributed by atoms with Crippen molar-refractivity contribution in [1.82, 2.24) is 24.9 Å². The van der Waals surface area contributed by atoms with Crippen LogP contribution in [0, 0.1) is 0 Å². The Bertz CT molecular complexity index is 4650. The Morgan fingerprint density at radius 2 is 0.747 bits per heavy atom. The molecule has 346 valence electrons. The van der Waals surface area contributed by atoms with E-state index in [0.717, 1.165) is 82.6 Å². The first kappa shape index (κ1) is 41.6. The number of rotatable bonds is 5. The topological polar surface area (TPSA) is 64.5 Å². The lowest BCUT2D eigenvalue weighted by atomic mass is 9.70. The zero-order valence-electron chi connectivity index (χ0n) is 40.4. The molecule has 14 aromatic rings. The fourth-order valence-corrected chi connectivity index (χ4v) is 12.8. The summed E-state index contributed by atoms with van der Waals surface area (Å²) >= 11 is 0. The standard InChI is InChI=1S/C70H41N5/c1-2-19-42(20-3-1)67-73-68(75-69(74-67)57-32-18-36-62-64(57)56-31-14-17-35-61(56)70(62)59-33-15-12-27-52(59)53-28-13-16-34-60(53)70)46-38-44(58-40-43-21-4-5-22-47(43)48-23-6-7-26-51(48)58)37-45(39-46)63-41-71-65-54-29-10-8-24-49(54)50-25-9-11-30-55(50)66(65)72-63/h1-41H. The Morgan fingerprint density at radius 3 is 1.45 bits per heavy atom. The molecule has 2 aliphatic carbocycles. The summed E-state index contributed by atoms with van der Waals surface area (Å²) in [6.07, 6.45) is 1.93. The molecule has 1 spiro atoms. The van der Waals surface area contributed by atoms with Crippen LogP contribution in [-0.2, 0) is 5.41 Å². The predicted octanol–water partition coefficient (Wildman–Crippen LogP) is 17.1. The van der Waals surface area contributed by atoms with Gasteiger partial charge in [0, 0.05) is 33.0 Å². The summed E-state index contributed by atoms with van der Waals surface area (Å²) in [5.74, 6) is 1.76. The van der Waals surface area contributed by atoms with Gasteiger partial charge < -0.3 is 0 Å². The molecule has 0 bridgehead atoms. The van der Waals surface area contributed by atoms with Crippen LogP contribution >= 0.6 is 0 Å². The van der Waals surface area contributed by atoms with Gasteiger partial charge in [-0.1, -0.05) is 218 Å². The largest absolute Gasteiger partial charge is 0.252 e. The van der Waals surface area contributed by atoms with Gasteiger partial charge in [-0.25, -0.2) is 19.9 Å². The lowest BCUT2D eigenvalue weighted by molar-refractivity contribution is 0.794. The van der Waals surface area contributed by atoms with Gasteiger partial charge >= 0.3 is 0 Å². The van der Waals surface area contributed by atoms with E-state index in [1.165, 1.54) is 55.1 Å². The first-order chi connectivity index (χ1) is 37.2. The maximum atomic E-state index is 5.60. The molecule has 75 heavy (non-hydrogen) atoms. The summed E-state index contributed by atoms with van der Waals surface area (Å²) in [4.78, 5) is 27.2. The van der Waals surface area contributed by atoms with E-state index in [1.807, 2.05) is 24.4 Å². The Balaban J connectivity index is 0.969. The molecule has 2 heterocycles. The maximum Gasteiger partial charge on any atom is 0.164 e. The van der Waals surface area contributed by atoms with Gasteiger partial charge in [0.2, 0.25) is 0 Å². The molecule has 0 aliphatic heterocycles. The summed E-state index contributed by atoms with van der Waals surface area (Å²) in [5, 5.41) is 9.19. The van der Waals surface area contributed by atoms with Crippen molar-refractivity contribution in [2.45, 2.75) is 5.41 Å². The first-order valence-corrected chi connectivity index (χ1v) is 25.6. The van der Waals surface area contributed by atoms with Crippen molar-refractivity contribution in [3.8, 4) is 78.8 Å². The van der Waals surface area contributed by atoms with Gasteiger partial charge in [-0.2, -0.15) is 0 Å². The van der Waals surface area contributed by atoms with Crippen LogP contribution in [0.4, 0.5) is 0 Å². The minimum absolute atomic E-state index is 0.516. The Morgan fingerprint density at radius 1 is 0.267 bits per heavy atom. The van der Waals surface area contributed by atoms with Gasteiger partial charge in [-0.05, 0) is 112 Å². The third kappa shape index (κ3) is 6.04. The van der Waals surface area contributed by atoms with E-state index in [9.17, 15) is 0 Å². The lowest BCUT2D eigenvalue weighted by Crippen LogP contribution is -2.25. The lowest BCUT2D eigenvalue weighted by Gasteiger charge is -2.30. The van der Waals surface area contributed by atoms with Crippen LogP contribution in [0.25, 0.3) is 133 Å². The SMILES string of the molecule is c1ccc(-c2nc(-c3cc(-c4cnc5c6ccccc6c6ccccc6c5n4)cc(-c4cc5ccccc5c5ccccc45)c3)nc(-c3cccc4c3-c3ccccc3C43c4ccccc4-c4ccccc43)n2)cc1. The van der Waals surface area contributed by atoms with Gasteiger partial charge in [0.05, 0.1) is 28.3 Å². The zero-order valence-corrected chi connectivity index (χ0v) is 40.4. The Hall–Kier alpha value is -9.97. The molecule has 0 saturated heterocycles. The summed E-state index contributed by atoms with van der Waals surface area (Å²) < 4.78 is 0. The van der Waals surface area contributed by atoms with Crippen molar-refractivity contribution in [3.63, 3.8) is 0 Å². The number of benzene rings is 12. The molecule has 2 aromatic heterocycles. The number of fused-ring (bicyclic) bond motifs is 19. The summed E-state index contributed by atoms with van der Waals surface area (Å²) in [6.45, 7) is 0. The highest BCUT2D eigenvalue weighted by Gasteiger charge is 2.52. The predicted molar refractivity (Wildman–Crippen MR) is 306 cm³/mol. The maximum absolute atomic E-state index is 5.60. The van der Waals surface area contributed by atoms with Crippen molar-refractivity contribution in [2.75, 3.05) is 0 Å². The van der Waals surface area contributed by atoms with E-state index in [1.54, 1.807) is 0 Å². The van der Waals surface area contributed by atoms with Gasteiger partial charge in [-0.3, -0.25) is 4.98 Å². The molecular formula is C70H41N5. The van der Waals surface area contributed by atoms with Crippen LogP contribution in [0.2, 0.25) is 0 Å². The highest BCUT2D eigenvalue weighted by Crippen LogP contribution is 2.64. The number of nitrogens with zero attached hydrogens (tertiary/aromatic N) is 5. The second-order valence-corrected chi connectivity index (χ2v) is 19.8. The quantitative estimate of drug-likeness (QED) is 0.161. The van der Waals surface area contributed by atoms with E-state index in [-0.39, 0.29) is 0 Å². The number of aromatic nitrogens is 5. The van der Waals surface area contributed by atoms with Crippen molar-refractivity contribution < 1.29 is 0 Å². The molecule has 2 aliphatic rings. The first-order valence-electron chi connectivity index (χ1n) is 25.6. The summed E-state index contributed by atoms with van der Waals surface area (Å²) in [5.41, 5.74) is 17.6. The zero-order chi connectivity index (χ0) is 49.2. The fraction of sp³-hybridized carbons (Fsp3) is 0.0143. The third-order valence-electron chi connectivity index (χ3n) is 15.9. The van der Waals surface area contributed by atoms with E-state index in [2.05, 4.69) is 224 Å². The molecule has 5 heteroatoms.